The predicted molar refractivity (Wildman–Crippen MR) is 128 cm³/mol. The fraction of sp³-hybridized carbons (Fsp3) is 0.440. The Bertz CT molecular complexity index is 1080. The topological polar surface area (TPSA) is 86.8 Å². The molecule has 0 radical (unpaired) electrons. The molecule has 1 fully saturated rings. The van der Waals surface area contributed by atoms with Gasteiger partial charge in [-0.1, -0.05) is 61.9 Å². The molecule has 1 N–H and O–H groups in total. The van der Waals surface area contributed by atoms with E-state index >= 15 is 0 Å². The van der Waals surface area contributed by atoms with Crippen molar-refractivity contribution in [2.45, 2.75) is 51.1 Å². The number of sulfonamides is 1. The Balaban J connectivity index is 1.93. The van der Waals surface area contributed by atoms with Gasteiger partial charge in [-0.15, -0.1) is 0 Å². The Kier molecular flexibility index (Phi) is 7.59. The molecule has 7 nitrogen and oxygen atoms in total. The highest BCUT2D eigenvalue weighted by atomic mass is 32.2. The molecular weight excluding hydrogens is 438 g/mol. The Morgan fingerprint density at radius 3 is 2.33 bits per heavy atom. The zero-order valence-electron chi connectivity index (χ0n) is 19.7. The number of piperazine rings is 1. The number of benzene rings is 2. The fourth-order valence-electron chi connectivity index (χ4n) is 3.91. The maximum absolute atomic E-state index is 13.4. The summed E-state index contributed by atoms with van der Waals surface area (Å²) in [5.41, 5.74) is 0.631. The highest BCUT2D eigenvalue weighted by Crippen LogP contribution is 2.29. The van der Waals surface area contributed by atoms with E-state index in [-0.39, 0.29) is 30.4 Å². The first-order valence-corrected chi connectivity index (χ1v) is 12.7. The molecule has 1 saturated heterocycles. The average molecular weight is 472 g/mol. The molecule has 2 aromatic rings. The van der Waals surface area contributed by atoms with E-state index in [2.05, 4.69) is 19.2 Å². The standard InChI is InChI=1S/C25H33N3O4S/c1-19(2)14-15-26-24(30)25(4)18-27(33(31,32)22-8-6-5-7-9-22)17-23(29)28(25)16-21-12-10-20(3)11-13-21/h5-13,19H,14-18H2,1-4H3,(H,26,30). The summed E-state index contributed by atoms with van der Waals surface area (Å²) in [6.45, 7) is 8.03. The molecular formula is C25H33N3O4S. The van der Waals surface area contributed by atoms with Crippen LogP contribution < -0.4 is 5.32 Å². The third-order valence-electron chi connectivity index (χ3n) is 6.03. The number of nitrogens with zero attached hydrogens (tertiary/aromatic N) is 2. The van der Waals surface area contributed by atoms with Crippen molar-refractivity contribution in [1.29, 1.82) is 0 Å². The van der Waals surface area contributed by atoms with E-state index in [0.29, 0.717) is 12.5 Å². The van der Waals surface area contributed by atoms with Crippen molar-refractivity contribution in [2.75, 3.05) is 19.6 Å². The molecule has 0 saturated carbocycles. The third-order valence-corrected chi connectivity index (χ3v) is 7.84. The van der Waals surface area contributed by atoms with Gasteiger partial charge in [0, 0.05) is 19.6 Å². The van der Waals surface area contributed by atoms with Gasteiger partial charge in [0.1, 0.15) is 5.54 Å². The number of carbonyl (C=O) groups is 2. The van der Waals surface area contributed by atoms with Gasteiger partial charge in [0.25, 0.3) is 0 Å². The molecule has 2 aromatic carbocycles. The van der Waals surface area contributed by atoms with Gasteiger partial charge in [-0.2, -0.15) is 4.31 Å². The fourth-order valence-corrected chi connectivity index (χ4v) is 5.41. The second-order valence-electron chi connectivity index (χ2n) is 9.26. The number of aryl methyl sites for hydroxylation is 1. The van der Waals surface area contributed by atoms with Crippen molar-refractivity contribution < 1.29 is 18.0 Å². The van der Waals surface area contributed by atoms with Crippen LogP contribution in [0.1, 0.15) is 38.3 Å². The van der Waals surface area contributed by atoms with Crippen LogP contribution in [0.4, 0.5) is 0 Å². The molecule has 1 aliphatic heterocycles. The Labute approximate surface area is 196 Å². The SMILES string of the molecule is Cc1ccc(CN2C(=O)CN(S(=O)(=O)c3ccccc3)CC2(C)C(=O)NCCC(C)C)cc1. The molecule has 2 amide bonds. The number of nitrogens with one attached hydrogen (secondary N) is 1. The number of hydrogen-bond acceptors (Lipinski definition) is 4. The second kappa shape index (κ2) is 10.1. The third kappa shape index (κ3) is 5.62. The van der Waals surface area contributed by atoms with E-state index in [4.69, 9.17) is 0 Å². The summed E-state index contributed by atoms with van der Waals surface area (Å²) in [5.74, 6) is -0.343. The monoisotopic (exact) mass is 471 g/mol. The lowest BCUT2D eigenvalue weighted by atomic mass is 9.94. The van der Waals surface area contributed by atoms with Crippen molar-refractivity contribution in [2.24, 2.45) is 5.92 Å². The smallest absolute Gasteiger partial charge is 0.247 e. The summed E-state index contributed by atoms with van der Waals surface area (Å²) < 4.78 is 27.7. The molecule has 1 unspecified atom stereocenters. The van der Waals surface area contributed by atoms with Crippen LogP contribution in [0.25, 0.3) is 0 Å². The van der Waals surface area contributed by atoms with Gasteiger partial charge in [0.05, 0.1) is 11.4 Å². The number of amides is 2. The van der Waals surface area contributed by atoms with E-state index in [0.717, 1.165) is 21.9 Å². The van der Waals surface area contributed by atoms with Gasteiger partial charge in [0.15, 0.2) is 0 Å². The van der Waals surface area contributed by atoms with Gasteiger partial charge >= 0.3 is 0 Å². The Morgan fingerprint density at radius 2 is 1.73 bits per heavy atom. The summed E-state index contributed by atoms with van der Waals surface area (Å²) >= 11 is 0. The minimum Gasteiger partial charge on any atom is -0.354 e. The van der Waals surface area contributed by atoms with Crippen LogP contribution >= 0.6 is 0 Å². The van der Waals surface area contributed by atoms with Crippen molar-refractivity contribution in [3.05, 3.63) is 65.7 Å². The van der Waals surface area contributed by atoms with Crippen molar-refractivity contribution in [1.82, 2.24) is 14.5 Å². The first-order chi connectivity index (χ1) is 15.5. The highest BCUT2D eigenvalue weighted by Gasteiger charge is 2.50. The second-order valence-corrected chi connectivity index (χ2v) is 11.2. The van der Waals surface area contributed by atoms with Gasteiger partial charge in [-0.3, -0.25) is 9.59 Å². The lowest BCUT2D eigenvalue weighted by Gasteiger charge is -2.46. The minimum absolute atomic E-state index is 0.104. The van der Waals surface area contributed by atoms with Crippen LogP contribution in [0, 0.1) is 12.8 Å². The van der Waals surface area contributed by atoms with Gasteiger partial charge in [0.2, 0.25) is 21.8 Å². The quantitative estimate of drug-likeness (QED) is 0.641. The Hall–Kier alpha value is -2.71. The summed E-state index contributed by atoms with van der Waals surface area (Å²) in [4.78, 5) is 28.3. The van der Waals surface area contributed by atoms with Crippen LogP contribution in [-0.4, -0.2) is 54.6 Å². The lowest BCUT2D eigenvalue weighted by Crippen LogP contribution is -2.69. The van der Waals surface area contributed by atoms with Gasteiger partial charge in [-0.05, 0) is 43.9 Å². The number of hydrogen-bond donors (Lipinski definition) is 1. The van der Waals surface area contributed by atoms with Crippen LogP contribution in [0.3, 0.4) is 0 Å². The van der Waals surface area contributed by atoms with Crippen LogP contribution in [-0.2, 0) is 26.2 Å². The largest absolute Gasteiger partial charge is 0.354 e. The molecule has 0 bridgehead atoms. The molecule has 8 heteroatoms. The molecule has 0 aliphatic carbocycles. The van der Waals surface area contributed by atoms with Crippen LogP contribution in [0.15, 0.2) is 59.5 Å². The lowest BCUT2D eigenvalue weighted by molar-refractivity contribution is -0.153. The first kappa shape index (κ1) is 24.9. The maximum atomic E-state index is 13.4. The molecule has 33 heavy (non-hydrogen) atoms. The predicted octanol–water partition coefficient (Wildman–Crippen LogP) is 2.95. The van der Waals surface area contributed by atoms with E-state index in [1.54, 1.807) is 25.1 Å². The molecule has 1 aliphatic rings. The zero-order chi connectivity index (χ0) is 24.2. The van der Waals surface area contributed by atoms with E-state index in [1.807, 2.05) is 31.2 Å². The van der Waals surface area contributed by atoms with Crippen molar-refractivity contribution in [3.63, 3.8) is 0 Å². The number of rotatable bonds is 8. The molecule has 178 valence electrons. The molecule has 0 spiro atoms. The summed E-state index contributed by atoms with van der Waals surface area (Å²) in [6, 6.07) is 15.8. The maximum Gasteiger partial charge on any atom is 0.247 e. The van der Waals surface area contributed by atoms with E-state index < -0.39 is 21.5 Å². The summed E-state index contributed by atoms with van der Waals surface area (Å²) in [6.07, 6.45) is 0.791. The van der Waals surface area contributed by atoms with Gasteiger partial charge < -0.3 is 10.2 Å². The molecule has 0 aromatic heterocycles. The minimum atomic E-state index is -3.93. The average Bonchev–Trinajstić information content (AvgIpc) is 2.77. The van der Waals surface area contributed by atoms with E-state index in [9.17, 15) is 18.0 Å². The van der Waals surface area contributed by atoms with Crippen LogP contribution in [0.2, 0.25) is 0 Å². The normalized spacial score (nSPS) is 19.7. The highest BCUT2D eigenvalue weighted by molar-refractivity contribution is 7.89. The van der Waals surface area contributed by atoms with E-state index in [1.165, 1.54) is 17.0 Å². The summed E-state index contributed by atoms with van der Waals surface area (Å²) in [5, 5.41) is 2.93. The zero-order valence-corrected chi connectivity index (χ0v) is 20.6. The summed E-state index contributed by atoms with van der Waals surface area (Å²) in [7, 11) is -3.93. The Morgan fingerprint density at radius 1 is 1.09 bits per heavy atom. The van der Waals surface area contributed by atoms with Gasteiger partial charge in [-0.25, -0.2) is 8.42 Å². The number of carbonyl (C=O) groups excluding carboxylic acids is 2. The van der Waals surface area contributed by atoms with Crippen LogP contribution in [0.5, 0.6) is 0 Å². The molecule has 1 heterocycles. The molecule has 3 rings (SSSR count). The van der Waals surface area contributed by atoms with Crippen molar-refractivity contribution in [3.8, 4) is 0 Å². The first-order valence-electron chi connectivity index (χ1n) is 11.2. The van der Waals surface area contributed by atoms with Crippen molar-refractivity contribution >= 4 is 21.8 Å². The molecule has 1 atom stereocenters.